The number of carbonyl (C=O) groups is 1. The van der Waals surface area contributed by atoms with Crippen molar-refractivity contribution in [1.82, 2.24) is 4.57 Å². The van der Waals surface area contributed by atoms with Gasteiger partial charge < -0.3 is 14.2 Å². The molecule has 0 amide bonds. The van der Waals surface area contributed by atoms with Crippen LogP contribution in [0.1, 0.15) is 15.9 Å². The van der Waals surface area contributed by atoms with E-state index >= 15 is 0 Å². The molecule has 2 heterocycles. The largest absolute Gasteiger partial charge is 0.378 e. The van der Waals surface area contributed by atoms with E-state index < -0.39 is 0 Å². The van der Waals surface area contributed by atoms with Crippen LogP contribution in [-0.4, -0.2) is 36.7 Å². The number of benzene rings is 2. The zero-order valence-corrected chi connectivity index (χ0v) is 14.5. The quantitative estimate of drug-likeness (QED) is 0.532. The molecule has 1 saturated heterocycles. The molecule has 2 aliphatic rings. The number of ether oxygens (including phenoxy) is 1. The fraction of sp³-hybridized carbons (Fsp3) is 0.238. The fourth-order valence-corrected chi connectivity index (χ4v) is 4.15. The second-order valence-electron chi connectivity index (χ2n) is 6.76. The smallest absolute Gasteiger partial charge is 0.274 e. The van der Waals surface area contributed by atoms with Gasteiger partial charge in [-0.3, -0.25) is 9.59 Å². The molecule has 5 rings (SSSR count). The van der Waals surface area contributed by atoms with Gasteiger partial charge in [0.05, 0.1) is 18.7 Å². The van der Waals surface area contributed by atoms with E-state index in [0.29, 0.717) is 43.1 Å². The summed E-state index contributed by atoms with van der Waals surface area (Å²) in [7, 11) is 1.78. The minimum absolute atomic E-state index is 0.0188. The Balaban J connectivity index is 1.98. The molecule has 1 aliphatic carbocycles. The Bertz CT molecular complexity index is 1120. The topological polar surface area (TPSA) is 51.5 Å². The number of fused-ring (bicyclic) bond motifs is 2. The molecular weight excluding hydrogens is 328 g/mol. The lowest BCUT2D eigenvalue weighted by Crippen LogP contribution is -2.41. The van der Waals surface area contributed by atoms with Crippen LogP contribution in [0.15, 0.2) is 47.3 Å². The SMILES string of the molecule is Cn1c(=O)c(N2CCOCC2)c2c3c(cccc31)C(=O)c1ccccc1-2. The first-order valence-electron chi connectivity index (χ1n) is 8.81. The number of ketones is 1. The molecule has 5 nitrogen and oxygen atoms in total. The third-order valence-corrected chi connectivity index (χ3v) is 5.41. The van der Waals surface area contributed by atoms with Crippen LogP contribution in [0.5, 0.6) is 0 Å². The van der Waals surface area contributed by atoms with Gasteiger partial charge in [0.1, 0.15) is 5.69 Å². The maximum Gasteiger partial charge on any atom is 0.274 e. The molecule has 26 heavy (non-hydrogen) atoms. The predicted molar refractivity (Wildman–Crippen MR) is 101 cm³/mol. The Morgan fingerprint density at radius 1 is 0.885 bits per heavy atom. The third kappa shape index (κ3) is 1.95. The standard InChI is InChI=1S/C21H18N2O3/c1-22-16-8-4-7-15-17(16)18(13-5-2-3-6-14(13)20(15)24)19(21(22)25)23-9-11-26-12-10-23/h2-8H,9-12H2,1H3. The summed E-state index contributed by atoms with van der Waals surface area (Å²) < 4.78 is 7.13. The number of aromatic nitrogens is 1. The number of hydrogen-bond donors (Lipinski definition) is 0. The van der Waals surface area contributed by atoms with Crippen molar-refractivity contribution in [2.45, 2.75) is 0 Å². The summed E-state index contributed by atoms with van der Waals surface area (Å²) >= 11 is 0. The Labute approximate surface area is 150 Å². The molecule has 2 aromatic carbocycles. The van der Waals surface area contributed by atoms with Gasteiger partial charge in [0.25, 0.3) is 5.56 Å². The summed E-state index contributed by atoms with van der Waals surface area (Å²) in [6.45, 7) is 2.55. The first-order chi connectivity index (χ1) is 12.7. The average Bonchev–Trinajstić information content (AvgIpc) is 2.69. The van der Waals surface area contributed by atoms with Crippen LogP contribution in [0.25, 0.3) is 22.0 Å². The van der Waals surface area contributed by atoms with Crippen LogP contribution >= 0.6 is 0 Å². The Kier molecular flexibility index (Phi) is 3.27. The van der Waals surface area contributed by atoms with Crippen LogP contribution in [0.4, 0.5) is 5.69 Å². The number of morpholine rings is 1. The molecule has 0 spiro atoms. The highest BCUT2D eigenvalue weighted by Crippen LogP contribution is 2.43. The van der Waals surface area contributed by atoms with E-state index in [0.717, 1.165) is 22.0 Å². The van der Waals surface area contributed by atoms with Gasteiger partial charge in [-0.1, -0.05) is 36.4 Å². The van der Waals surface area contributed by atoms with Crippen molar-refractivity contribution in [2.24, 2.45) is 7.05 Å². The molecule has 1 aromatic heterocycles. The molecule has 130 valence electrons. The van der Waals surface area contributed by atoms with Gasteiger partial charge in [-0.2, -0.15) is 0 Å². The van der Waals surface area contributed by atoms with E-state index in [4.69, 9.17) is 4.74 Å². The van der Waals surface area contributed by atoms with Gasteiger partial charge in [-0.15, -0.1) is 0 Å². The van der Waals surface area contributed by atoms with Crippen molar-refractivity contribution in [3.63, 3.8) is 0 Å². The first-order valence-corrected chi connectivity index (χ1v) is 8.81. The highest BCUT2D eigenvalue weighted by atomic mass is 16.5. The highest BCUT2D eigenvalue weighted by Gasteiger charge is 2.31. The maximum absolute atomic E-state index is 13.3. The number of rotatable bonds is 1. The number of carbonyl (C=O) groups excluding carboxylic acids is 1. The van der Waals surface area contributed by atoms with Crippen LogP contribution in [0.2, 0.25) is 0 Å². The van der Waals surface area contributed by atoms with Gasteiger partial charge in [-0.05, 0) is 11.6 Å². The molecule has 0 atom stereocenters. The van der Waals surface area contributed by atoms with Crippen molar-refractivity contribution in [3.05, 3.63) is 63.9 Å². The second-order valence-corrected chi connectivity index (χ2v) is 6.76. The molecule has 1 fully saturated rings. The lowest BCUT2D eigenvalue weighted by atomic mass is 9.83. The molecule has 0 saturated carbocycles. The summed E-state index contributed by atoms with van der Waals surface area (Å²) in [6.07, 6.45) is 0. The molecule has 5 heteroatoms. The summed E-state index contributed by atoms with van der Waals surface area (Å²) in [5.74, 6) is 0.0188. The monoisotopic (exact) mass is 346 g/mol. The van der Waals surface area contributed by atoms with Crippen LogP contribution < -0.4 is 10.5 Å². The molecule has 3 aromatic rings. The summed E-state index contributed by atoms with van der Waals surface area (Å²) in [5.41, 5.74) is 4.50. The van der Waals surface area contributed by atoms with Crippen LogP contribution in [0.3, 0.4) is 0 Å². The molecule has 0 unspecified atom stereocenters. The van der Waals surface area contributed by atoms with Crippen LogP contribution in [0, 0.1) is 0 Å². The van der Waals surface area contributed by atoms with Crippen LogP contribution in [-0.2, 0) is 11.8 Å². The Hall–Kier alpha value is -2.92. The lowest BCUT2D eigenvalue weighted by Gasteiger charge is -2.32. The second kappa shape index (κ2) is 5.54. The zero-order valence-electron chi connectivity index (χ0n) is 14.5. The maximum atomic E-state index is 13.3. The van der Waals surface area contributed by atoms with Gasteiger partial charge in [0.2, 0.25) is 0 Å². The number of nitrogens with zero attached hydrogens (tertiary/aromatic N) is 2. The number of pyridine rings is 1. The van der Waals surface area contributed by atoms with Crippen molar-refractivity contribution in [1.29, 1.82) is 0 Å². The summed E-state index contributed by atoms with van der Waals surface area (Å²) in [5, 5.41) is 0.875. The van der Waals surface area contributed by atoms with Gasteiger partial charge in [-0.25, -0.2) is 0 Å². The molecule has 1 aliphatic heterocycles. The zero-order chi connectivity index (χ0) is 17.8. The lowest BCUT2D eigenvalue weighted by molar-refractivity contribution is 0.104. The van der Waals surface area contributed by atoms with Crippen molar-refractivity contribution in [3.8, 4) is 11.1 Å². The highest BCUT2D eigenvalue weighted by molar-refractivity contribution is 6.26. The number of aryl methyl sites for hydroxylation is 1. The van der Waals surface area contributed by atoms with E-state index in [2.05, 4.69) is 4.90 Å². The molecule has 0 N–H and O–H groups in total. The predicted octanol–water partition coefficient (Wildman–Crippen LogP) is 2.59. The first kappa shape index (κ1) is 15.3. The summed E-state index contributed by atoms with van der Waals surface area (Å²) in [6, 6.07) is 13.2. The number of anilines is 1. The minimum atomic E-state index is -0.0318. The molecular formula is C21H18N2O3. The minimum Gasteiger partial charge on any atom is -0.378 e. The van der Waals surface area contributed by atoms with E-state index in [1.807, 2.05) is 42.5 Å². The normalized spacial score (nSPS) is 16.0. The van der Waals surface area contributed by atoms with E-state index in [9.17, 15) is 9.59 Å². The Morgan fingerprint density at radius 3 is 2.35 bits per heavy atom. The van der Waals surface area contributed by atoms with Gasteiger partial charge >= 0.3 is 0 Å². The van der Waals surface area contributed by atoms with Gasteiger partial charge in [0, 0.05) is 42.2 Å². The van der Waals surface area contributed by atoms with Gasteiger partial charge in [0.15, 0.2) is 5.78 Å². The summed E-state index contributed by atoms with van der Waals surface area (Å²) in [4.78, 5) is 28.4. The molecule has 0 bridgehead atoms. The van der Waals surface area contributed by atoms with Crippen molar-refractivity contribution >= 4 is 22.4 Å². The fourth-order valence-electron chi connectivity index (χ4n) is 4.15. The van der Waals surface area contributed by atoms with E-state index in [1.54, 1.807) is 11.6 Å². The number of hydrogen-bond acceptors (Lipinski definition) is 4. The Morgan fingerprint density at radius 2 is 1.58 bits per heavy atom. The van der Waals surface area contributed by atoms with Crippen molar-refractivity contribution < 1.29 is 9.53 Å². The van der Waals surface area contributed by atoms with E-state index in [-0.39, 0.29) is 11.3 Å². The van der Waals surface area contributed by atoms with E-state index in [1.165, 1.54) is 0 Å². The third-order valence-electron chi connectivity index (χ3n) is 5.41. The van der Waals surface area contributed by atoms with Crippen molar-refractivity contribution in [2.75, 3.05) is 31.2 Å². The molecule has 0 radical (unpaired) electrons. The average molecular weight is 346 g/mol.